The van der Waals surface area contributed by atoms with Crippen molar-refractivity contribution >= 4 is 39.1 Å². The molecule has 3 aromatic carbocycles. The van der Waals surface area contributed by atoms with Gasteiger partial charge in [0.05, 0.1) is 10.6 Å². The van der Waals surface area contributed by atoms with Crippen LogP contribution in [-0.4, -0.2) is 35.5 Å². The highest BCUT2D eigenvalue weighted by Crippen LogP contribution is 2.34. The maximum atomic E-state index is 13.3. The van der Waals surface area contributed by atoms with Crippen molar-refractivity contribution in [3.05, 3.63) is 114 Å². The zero-order valence-electron chi connectivity index (χ0n) is 23.4. The van der Waals surface area contributed by atoms with Crippen LogP contribution in [0.1, 0.15) is 47.1 Å². The largest absolute Gasteiger partial charge is 0.477 e. The number of pyridine rings is 1. The number of amides is 1. The highest BCUT2D eigenvalue weighted by molar-refractivity contribution is 7.93. The third-order valence-corrected chi connectivity index (χ3v) is 8.98. The minimum atomic E-state index is -4.11. The topological polar surface area (TPSA) is 110 Å². The second-order valence-electron chi connectivity index (χ2n) is 10.1. The summed E-state index contributed by atoms with van der Waals surface area (Å²) in [5.41, 5.74) is 5.17. The second-order valence-corrected chi connectivity index (χ2v) is 11.9. The quantitative estimate of drug-likeness (QED) is 0.180. The number of carboxylic acids is 1. The summed E-state index contributed by atoms with van der Waals surface area (Å²) in [7, 11) is -4.11. The number of benzene rings is 3. The smallest absolute Gasteiger partial charge is 0.354 e. The molecule has 2 heterocycles. The van der Waals surface area contributed by atoms with E-state index < -0.39 is 16.0 Å². The maximum Gasteiger partial charge on any atom is 0.354 e. The molecule has 0 saturated carbocycles. The van der Waals surface area contributed by atoms with Gasteiger partial charge >= 0.3 is 5.97 Å². The molecule has 0 unspecified atom stereocenters. The summed E-state index contributed by atoms with van der Waals surface area (Å²) < 4.78 is 29.5. The summed E-state index contributed by atoms with van der Waals surface area (Å²) in [6, 6.07) is 26.1. The van der Waals surface area contributed by atoms with Crippen LogP contribution in [0.2, 0.25) is 0 Å². The number of aromatic carboxylic acids is 1. The van der Waals surface area contributed by atoms with Crippen molar-refractivity contribution in [1.82, 2.24) is 9.55 Å². The third kappa shape index (κ3) is 5.56. The van der Waals surface area contributed by atoms with E-state index in [-0.39, 0.29) is 16.3 Å². The average Bonchev–Trinajstić information content (AvgIpc) is 3.35. The number of para-hydroxylation sites is 1. The zero-order chi connectivity index (χ0) is 29.9. The first kappa shape index (κ1) is 28.8. The molecule has 0 bridgehead atoms. The number of aryl methyl sites for hydroxylation is 2. The highest BCUT2D eigenvalue weighted by Gasteiger charge is 2.26. The molecular weight excluding hydrogens is 550 g/mol. The minimum Gasteiger partial charge on any atom is -0.477 e. The first-order valence-electron chi connectivity index (χ1n) is 13.7. The average molecular weight is 582 g/mol. The fourth-order valence-corrected chi connectivity index (χ4v) is 6.37. The van der Waals surface area contributed by atoms with Crippen molar-refractivity contribution < 1.29 is 23.1 Å². The molecule has 0 atom stereocenters. The summed E-state index contributed by atoms with van der Waals surface area (Å²) in [6.45, 7) is 4.52. The number of anilines is 1. The maximum absolute atomic E-state index is 13.3. The number of sulfonamides is 1. The van der Waals surface area contributed by atoms with Crippen molar-refractivity contribution in [1.29, 1.82) is 0 Å². The van der Waals surface area contributed by atoms with Gasteiger partial charge < -0.3 is 9.67 Å². The Bertz CT molecular complexity index is 1860. The van der Waals surface area contributed by atoms with E-state index in [4.69, 9.17) is 0 Å². The second kappa shape index (κ2) is 12.0. The Morgan fingerprint density at radius 1 is 0.976 bits per heavy atom. The minimum absolute atomic E-state index is 0.0125. The molecule has 5 aromatic rings. The number of hydrogen-bond acceptors (Lipinski definition) is 5. The van der Waals surface area contributed by atoms with Crippen molar-refractivity contribution in [2.45, 2.75) is 44.6 Å². The van der Waals surface area contributed by atoms with E-state index in [1.165, 1.54) is 12.1 Å². The van der Waals surface area contributed by atoms with E-state index in [1.54, 1.807) is 48.5 Å². The molecular formula is C33H31N3O5S. The van der Waals surface area contributed by atoms with Gasteiger partial charge in [-0.1, -0.05) is 74.0 Å². The van der Waals surface area contributed by atoms with Crippen LogP contribution < -0.4 is 4.31 Å². The Morgan fingerprint density at radius 3 is 2.33 bits per heavy atom. The van der Waals surface area contributed by atoms with Gasteiger partial charge in [-0.25, -0.2) is 22.5 Å². The number of carboxylic acid groups (broad SMARTS) is 1. The molecule has 2 aromatic heterocycles. The van der Waals surface area contributed by atoms with Crippen LogP contribution in [0.5, 0.6) is 0 Å². The molecule has 1 N–H and O–H groups in total. The van der Waals surface area contributed by atoms with Crippen LogP contribution in [0.15, 0.2) is 95.9 Å². The molecule has 0 aliphatic heterocycles. The van der Waals surface area contributed by atoms with Crippen LogP contribution in [0.25, 0.3) is 22.2 Å². The number of nitrogens with zero attached hydrogens (tertiary/aromatic N) is 3. The molecule has 5 rings (SSSR count). The van der Waals surface area contributed by atoms with Gasteiger partial charge in [-0.05, 0) is 66.8 Å². The van der Waals surface area contributed by atoms with Gasteiger partial charge in [0.15, 0.2) is 5.69 Å². The number of hydrogen-bond donors (Lipinski definition) is 1. The van der Waals surface area contributed by atoms with Crippen LogP contribution >= 0.6 is 0 Å². The fraction of sp³-hybridized carbons (Fsp3) is 0.182. The van der Waals surface area contributed by atoms with Crippen LogP contribution in [0.4, 0.5) is 5.69 Å². The molecule has 0 aliphatic carbocycles. The van der Waals surface area contributed by atoms with Crippen molar-refractivity contribution in [2.24, 2.45) is 0 Å². The Balaban J connectivity index is 1.51. The van der Waals surface area contributed by atoms with Crippen molar-refractivity contribution in [3.63, 3.8) is 0 Å². The lowest BCUT2D eigenvalue weighted by atomic mass is 10.0. The molecule has 0 radical (unpaired) electrons. The number of carbonyl (C=O) groups is 2. The zero-order valence-corrected chi connectivity index (χ0v) is 24.2. The van der Waals surface area contributed by atoms with E-state index >= 15 is 0 Å². The number of fused-ring (bicyclic) bond motifs is 1. The summed E-state index contributed by atoms with van der Waals surface area (Å²) in [5.74, 6) is -1.07. The van der Waals surface area contributed by atoms with Crippen LogP contribution in [-0.2, 0) is 27.8 Å². The Labute approximate surface area is 244 Å². The number of rotatable bonds is 11. The predicted octanol–water partition coefficient (Wildman–Crippen LogP) is 6.45. The van der Waals surface area contributed by atoms with Gasteiger partial charge in [-0.3, -0.25) is 4.79 Å². The normalized spacial score (nSPS) is 11.5. The van der Waals surface area contributed by atoms with Crippen LogP contribution in [0.3, 0.4) is 0 Å². The monoisotopic (exact) mass is 581 g/mol. The lowest BCUT2D eigenvalue weighted by Gasteiger charge is -2.21. The standard InChI is InChI=1S/C33H31N3O5S/c1-3-4-10-26-20-29-23(2)19-30(33(38)39)34-32(29)35(26)21-24-15-17-25(18-16-24)28-13-8-9-14-31(28)36(22-37)42(40,41)27-11-6-5-7-12-27/h5-9,11-20,22H,3-4,10,21H2,1-2H3,(H,38,39). The molecule has 0 saturated heterocycles. The SMILES string of the molecule is CCCCc1cc2c(C)cc(C(=O)O)nc2n1Cc1ccc(-c2ccccc2N(C=O)S(=O)(=O)c2ccccc2)cc1. The third-order valence-electron chi connectivity index (χ3n) is 7.31. The molecule has 0 aliphatic rings. The molecule has 9 heteroatoms. The van der Waals surface area contributed by atoms with Gasteiger partial charge in [0.25, 0.3) is 10.0 Å². The number of aromatic nitrogens is 2. The lowest BCUT2D eigenvalue weighted by molar-refractivity contribution is -0.106. The van der Waals surface area contributed by atoms with E-state index in [1.807, 2.05) is 31.2 Å². The lowest BCUT2D eigenvalue weighted by Crippen LogP contribution is -2.30. The first-order valence-corrected chi connectivity index (χ1v) is 15.1. The fourth-order valence-electron chi connectivity index (χ4n) is 5.11. The summed E-state index contributed by atoms with van der Waals surface area (Å²) >= 11 is 0. The van der Waals surface area contributed by atoms with E-state index in [9.17, 15) is 23.1 Å². The van der Waals surface area contributed by atoms with E-state index in [2.05, 4.69) is 22.5 Å². The predicted molar refractivity (Wildman–Crippen MR) is 163 cm³/mol. The first-order chi connectivity index (χ1) is 20.2. The molecule has 42 heavy (non-hydrogen) atoms. The van der Waals surface area contributed by atoms with Gasteiger partial charge in [-0.2, -0.15) is 0 Å². The van der Waals surface area contributed by atoms with Gasteiger partial charge in [0, 0.05) is 23.2 Å². The summed E-state index contributed by atoms with van der Waals surface area (Å²) in [5, 5.41) is 10.5. The van der Waals surface area contributed by atoms with Gasteiger partial charge in [0.1, 0.15) is 5.65 Å². The summed E-state index contributed by atoms with van der Waals surface area (Å²) in [6.07, 6.45) is 3.19. The molecule has 0 fully saturated rings. The van der Waals surface area contributed by atoms with Gasteiger partial charge in [0.2, 0.25) is 6.41 Å². The molecule has 0 spiro atoms. The van der Waals surface area contributed by atoms with E-state index in [0.29, 0.717) is 24.2 Å². The highest BCUT2D eigenvalue weighted by atomic mass is 32.2. The number of carbonyl (C=O) groups excluding carboxylic acids is 1. The Kier molecular flexibility index (Phi) is 8.22. The molecule has 8 nitrogen and oxygen atoms in total. The van der Waals surface area contributed by atoms with Crippen LogP contribution in [0, 0.1) is 6.92 Å². The van der Waals surface area contributed by atoms with Crippen molar-refractivity contribution in [2.75, 3.05) is 4.31 Å². The Morgan fingerprint density at radius 2 is 1.67 bits per heavy atom. The summed E-state index contributed by atoms with van der Waals surface area (Å²) in [4.78, 5) is 28.4. The Hall–Kier alpha value is -4.76. The van der Waals surface area contributed by atoms with Crippen molar-refractivity contribution in [3.8, 4) is 11.1 Å². The number of unbranched alkanes of at least 4 members (excludes halogenated alkanes) is 1. The van der Waals surface area contributed by atoms with E-state index in [0.717, 1.165) is 51.3 Å². The van der Waals surface area contributed by atoms with Gasteiger partial charge in [-0.15, -0.1) is 0 Å². The molecule has 214 valence electrons. The molecule has 1 amide bonds.